The van der Waals surface area contributed by atoms with Crippen LogP contribution in [0.4, 0.5) is 4.79 Å². The van der Waals surface area contributed by atoms with Crippen molar-refractivity contribution in [3.8, 4) is 11.1 Å². The molecule has 0 saturated heterocycles. The summed E-state index contributed by atoms with van der Waals surface area (Å²) in [5.41, 5.74) is 3.06. The second-order valence-corrected chi connectivity index (χ2v) is 9.41. The number of carbonyl (C=O) groups is 3. The van der Waals surface area contributed by atoms with E-state index in [4.69, 9.17) is 4.74 Å². The molecule has 33 heavy (non-hydrogen) atoms. The van der Waals surface area contributed by atoms with Crippen molar-refractivity contribution < 1.29 is 24.2 Å². The van der Waals surface area contributed by atoms with Crippen LogP contribution >= 0.6 is 0 Å². The van der Waals surface area contributed by atoms with E-state index in [9.17, 15) is 19.5 Å². The third kappa shape index (κ3) is 5.02. The van der Waals surface area contributed by atoms with Gasteiger partial charge in [0.05, 0.1) is 0 Å². The van der Waals surface area contributed by atoms with Crippen LogP contribution in [0.5, 0.6) is 0 Å². The Bertz CT molecular complexity index is 1000. The molecule has 1 atom stereocenters. The Hall–Kier alpha value is -3.35. The lowest BCUT2D eigenvalue weighted by Gasteiger charge is -2.34. The Morgan fingerprint density at radius 1 is 1.03 bits per heavy atom. The Balaban J connectivity index is 1.71. The molecule has 0 radical (unpaired) electrons. The zero-order chi connectivity index (χ0) is 24.3. The van der Waals surface area contributed by atoms with E-state index in [1.807, 2.05) is 50.2 Å². The molecule has 2 aromatic rings. The summed E-state index contributed by atoms with van der Waals surface area (Å²) in [6, 6.07) is 15.2. The van der Waals surface area contributed by atoms with Crippen molar-refractivity contribution in [1.82, 2.24) is 10.2 Å². The van der Waals surface area contributed by atoms with E-state index in [0.717, 1.165) is 27.2 Å². The van der Waals surface area contributed by atoms with Crippen LogP contribution in [0.1, 0.15) is 51.2 Å². The van der Waals surface area contributed by atoms with Crippen LogP contribution in [0.15, 0.2) is 48.5 Å². The fourth-order valence-electron chi connectivity index (χ4n) is 4.13. The van der Waals surface area contributed by atoms with Crippen LogP contribution in [0.25, 0.3) is 11.1 Å². The topological polar surface area (TPSA) is 95.9 Å². The summed E-state index contributed by atoms with van der Waals surface area (Å²) in [7, 11) is 1.43. The van der Waals surface area contributed by atoms with Gasteiger partial charge in [-0.1, -0.05) is 62.4 Å². The Labute approximate surface area is 194 Å². The van der Waals surface area contributed by atoms with E-state index in [1.54, 1.807) is 0 Å². The minimum atomic E-state index is -1.41. The highest BCUT2D eigenvalue weighted by Gasteiger charge is 2.39. The van der Waals surface area contributed by atoms with E-state index < -0.39 is 29.6 Å². The molecule has 0 aromatic heterocycles. The number of amides is 2. The summed E-state index contributed by atoms with van der Waals surface area (Å²) in [6.07, 6.45) is -0.333. The first-order valence-electron chi connectivity index (χ1n) is 11.2. The standard InChI is InChI=1S/C26H32N2O5/c1-16(2)14-22(23(29)28(5)26(3,4)24(30)31)27-25(32)33-15-21-19-12-8-6-10-17(19)18-11-7-9-13-20(18)21/h6-13,16,21-22H,14-15H2,1-5H3,(H,27,32)(H,30,31)/t22-/m1/s1. The maximum Gasteiger partial charge on any atom is 0.407 e. The predicted octanol–water partition coefficient (Wildman–Crippen LogP) is 4.26. The zero-order valence-corrected chi connectivity index (χ0v) is 19.8. The van der Waals surface area contributed by atoms with E-state index >= 15 is 0 Å². The van der Waals surface area contributed by atoms with Crippen LogP contribution in [-0.4, -0.2) is 53.2 Å². The number of rotatable bonds is 8. The van der Waals surface area contributed by atoms with Gasteiger partial charge in [0.25, 0.3) is 0 Å². The number of likely N-dealkylation sites (N-methyl/N-ethyl adjacent to an activating group) is 1. The average molecular weight is 453 g/mol. The summed E-state index contributed by atoms with van der Waals surface area (Å²) in [4.78, 5) is 38.5. The maximum atomic E-state index is 13.0. The molecule has 0 unspecified atom stereocenters. The van der Waals surface area contributed by atoms with Crippen molar-refractivity contribution >= 4 is 18.0 Å². The SMILES string of the molecule is CC(C)C[C@@H](NC(=O)OCC1c2ccccc2-c2ccccc21)C(=O)N(C)C(C)(C)C(=O)O. The number of hydrogen-bond acceptors (Lipinski definition) is 4. The number of carboxylic acids is 1. The normalized spacial score (nSPS) is 13.8. The van der Waals surface area contributed by atoms with Crippen LogP contribution in [0.3, 0.4) is 0 Å². The van der Waals surface area contributed by atoms with Crippen molar-refractivity contribution in [2.75, 3.05) is 13.7 Å². The highest BCUT2D eigenvalue weighted by molar-refractivity contribution is 5.90. The summed E-state index contributed by atoms with van der Waals surface area (Å²) in [6.45, 7) is 6.91. The molecule has 1 aliphatic rings. The van der Waals surface area contributed by atoms with Gasteiger partial charge in [-0.3, -0.25) is 4.79 Å². The number of ether oxygens (including phenoxy) is 1. The number of alkyl carbamates (subject to hydrolysis) is 1. The Morgan fingerprint density at radius 2 is 1.55 bits per heavy atom. The fourth-order valence-corrected chi connectivity index (χ4v) is 4.13. The molecule has 0 aliphatic heterocycles. The number of carbonyl (C=O) groups excluding carboxylic acids is 2. The van der Waals surface area contributed by atoms with Gasteiger partial charge in [-0.2, -0.15) is 0 Å². The van der Waals surface area contributed by atoms with Gasteiger partial charge < -0.3 is 20.1 Å². The minimum Gasteiger partial charge on any atom is -0.480 e. The molecule has 2 aromatic carbocycles. The highest BCUT2D eigenvalue weighted by Crippen LogP contribution is 2.44. The van der Waals surface area contributed by atoms with Gasteiger partial charge in [0.15, 0.2) is 0 Å². The van der Waals surface area contributed by atoms with Crippen LogP contribution in [0, 0.1) is 5.92 Å². The molecular formula is C26H32N2O5. The van der Waals surface area contributed by atoms with Gasteiger partial charge in [0, 0.05) is 13.0 Å². The number of carboxylic acid groups (broad SMARTS) is 1. The summed E-state index contributed by atoms with van der Waals surface area (Å²) in [5, 5.41) is 12.1. The number of fused-ring (bicyclic) bond motifs is 3. The van der Waals surface area contributed by atoms with Gasteiger partial charge in [0.2, 0.25) is 5.91 Å². The third-order valence-corrected chi connectivity index (χ3v) is 6.33. The second-order valence-electron chi connectivity index (χ2n) is 9.41. The number of benzene rings is 2. The summed E-state index contributed by atoms with van der Waals surface area (Å²) < 4.78 is 5.58. The first kappa shape index (κ1) is 24.3. The van der Waals surface area contributed by atoms with E-state index in [0.29, 0.717) is 6.42 Å². The summed E-state index contributed by atoms with van der Waals surface area (Å²) >= 11 is 0. The molecule has 1 aliphatic carbocycles. The molecule has 3 rings (SSSR count). The molecule has 2 amide bonds. The van der Waals surface area contributed by atoms with E-state index in [-0.39, 0.29) is 18.4 Å². The second kappa shape index (κ2) is 9.65. The number of nitrogens with zero attached hydrogens (tertiary/aromatic N) is 1. The van der Waals surface area contributed by atoms with Gasteiger partial charge >= 0.3 is 12.1 Å². The first-order valence-corrected chi connectivity index (χ1v) is 11.2. The lowest BCUT2D eigenvalue weighted by Crippen LogP contribution is -2.57. The third-order valence-electron chi connectivity index (χ3n) is 6.33. The van der Waals surface area contributed by atoms with Gasteiger partial charge in [-0.15, -0.1) is 0 Å². The van der Waals surface area contributed by atoms with E-state index in [1.165, 1.54) is 20.9 Å². The monoisotopic (exact) mass is 452 g/mol. The van der Waals surface area contributed by atoms with Gasteiger partial charge in [-0.25, -0.2) is 9.59 Å². The average Bonchev–Trinajstić information content (AvgIpc) is 3.09. The van der Waals surface area contributed by atoms with Crippen LogP contribution in [-0.2, 0) is 14.3 Å². The van der Waals surface area contributed by atoms with Crippen molar-refractivity contribution in [3.05, 3.63) is 59.7 Å². The molecule has 0 spiro atoms. The first-order chi connectivity index (χ1) is 15.5. The molecule has 7 nitrogen and oxygen atoms in total. The predicted molar refractivity (Wildman–Crippen MR) is 126 cm³/mol. The smallest absolute Gasteiger partial charge is 0.407 e. The number of aliphatic carboxylic acids is 1. The van der Waals surface area contributed by atoms with E-state index in [2.05, 4.69) is 17.4 Å². The molecule has 2 N–H and O–H groups in total. The van der Waals surface area contributed by atoms with Gasteiger partial charge in [0.1, 0.15) is 18.2 Å². The molecule has 0 fully saturated rings. The lowest BCUT2D eigenvalue weighted by atomic mass is 9.98. The van der Waals surface area contributed by atoms with Crippen molar-refractivity contribution in [2.24, 2.45) is 5.92 Å². The number of nitrogens with one attached hydrogen (secondary N) is 1. The van der Waals surface area contributed by atoms with Crippen molar-refractivity contribution in [2.45, 2.75) is 51.6 Å². The van der Waals surface area contributed by atoms with Crippen LogP contribution < -0.4 is 5.32 Å². The minimum absolute atomic E-state index is 0.0870. The molecule has 0 heterocycles. The fraction of sp³-hybridized carbons (Fsp3) is 0.423. The van der Waals surface area contributed by atoms with Crippen molar-refractivity contribution in [3.63, 3.8) is 0 Å². The molecular weight excluding hydrogens is 420 g/mol. The molecule has 0 saturated carbocycles. The summed E-state index contributed by atoms with van der Waals surface area (Å²) in [5.74, 6) is -1.57. The molecule has 0 bridgehead atoms. The lowest BCUT2D eigenvalue weighted by molar-refractivity contribution is -0.156. The number of hydrogen-bond donors (Lipinski definition) is 2. The Kier molecular flexibility index (Phi) is 7.10. The van der Waals surface area contributed by atoms with Crippen LogP contribution in [0.2, 0.25) is 0 Å². The quantitative estimate of drug-likeness (QED) is 0.624. The van der Waals surface area contributed by atoms with Crippen molar-refractivity contribution in [1.29, 1.82) is 0 Å². The highest BCUT2D eigenvalue weighted by atomic mass is 16.5. The largest absolute Gasteiger partial charge is 0.480 e. The van der Waals surface area contributed by atoms with Gasteiger partial charge in [-0.05, 0) is 48.4 Å². The molecule has 176 valence electrons. The molecule has 7 heteroatoms. The maximum absolute atomic E-state index is 13.0. The Morgan fingerprint density at radius 3 is 2.03 bits per heavy atom. The zero-order valence-electron chi connectivity index (χ0n) is 19.8.